The Kier molecular flexibility index (Phi) is 4.72. The summed E-state index contributed by atoms with van der Waals surface area (Å²) >= 11 is 0. The molecule has 0 bridgehead atoms. The van der Waals surface area contributed by atoms with Gasteiger partial charge in [-0.3, -0.25) is 10.0 Å². The number of carbonyl (C=O) groups is 2. The number of pyridine rings is 1. The van der Waals surface area contributed by atoms with Gasteiger partial charge in [0.05, 0.1) is 0 Å². The van der Waals surface area contributed by atoms with E-state index in [4.69, 9.17) is 5.21 Å². The van der Waals surface area contributed by atoms with Gasteiger partial charge in [0.2, 0.25) is 0 Å². The van der Waals surface area contributed by atoms with Crippen LogP contribution in [0.5, 0.6) is 0 Å². The Bertz CT molecular complexity index is 749. The Hall–Kier alpha value is -2.93. The molecule has 1 aliphatic heterocycles. The van der Waals surface area contributed by atoms with Gasteiger partial charge in [0.1, 0.15) is 5.69 Å². The van der Waals surface area contributed by atoms with Gasteiger partial charge >= 0.3 is 6.03 Å². The van der Waals surface area contributed by atoms with Crippen LogP contribution >= 0.6 is 0 Å². The molecule has 0 saturated carbocycles. The highest BCUT2D eigenvalue weighted by Gasteiger charge is 2.22. The van der Waals surface area contributed by atoms with E-state index in [1.807, 2.05) is 30.3 Å². The maximum Gasteiger partial charge on any atom is 0.317 e. The minimum atomic E-state index is -0.638. The van der Waals surface area contributed by atoms with Crippen LogP contribution < -0.4 is 10.8 Å². The van der Waals surface area contributed by atoms with E-state index in [0.29, 0.717) is 26.1 Å². The largest absolute Gasteiger partial charge is 0.334 e. The first-order chi connectivity index (χ1) is 11.7. The maximum atomic E-state index is 12.3. The zero-order valence-electron chi connectivity index (χ0n) is 13.0. The van der Waals surface area contributed by atoms with Crippen molar-refractivity contribution in [1.82, 2.24) is 20.7 Å². The first-order valence-corrected chi connectivity index (χ1v) is 7.67. The lowest BCUT2D eigenvalue weighted by Gasteiger charge is -2.28. The molecular formula is C17H18N4O3. The molecule has 3 rings (SSSR count). The van der Waals surface area contributed by atoms with Crippen LogP contribution in [0.4, 0.5) is 4.79 Å². The van der Waals surface area contributed by atoms with Gasteiger partial charge < -0.3 is 10.2 Å². The molecule has 1 aromatic heterocycles. The number of benzene rings is 1. The fourth-order valence-electron chi connectivity index (χ4n) is 2.66. The van der Waals surface area contributed by atoms with E-state index in [0.717, 1.165) is 16.8 Å². The number of hydrogen-bond acceptors (Lipinski definition) is 4. The van der Waals surface area contributed by atoms with E-state index >= 15 is 0 Å². The Morgan fingerprint density at radius 1 is 1.17 bits per heavy atom. The summed E-state index contributed by atoms with van der Waals surface area (Å²) in [4.78, 5) is 29.7. The monoisotopic (exact) mass is 326 g/mol. The van der Waals surface area contributed by atoms with Gasteiger partial charge in [-0.2, -0.15) is 0 Å². The Morgan fingerprint density at radius 3 is 2.71 bits per heavy atom. The highest BCUT2D eigenvalue weighted by molar-refractivity contribution is 5.91. The van der Waals surface area contributed by atoms with Gasteiger partial charge in [-0.05, 0) is 17.2 Å². The number of rotatable bonds is 3. The number of urea groups is 1. The molecule has 7 heteroatoms. The number of hydroxylamine groups is 1. The molecule has 0 saturated heterocycles. The van der Waals surface area contributed by atoms with Crippen LogP contribution in [0, 0.1) is 0 Å². The maximum absolute atomic E-state index is 12.3. The summed E-state index contributed by atoms with van der Waals surface area (Å²) in [5.74, 6) is -0.638. The summed E-state index contributed by atoms with van der Waals surface area (Å²) in [6, 6.07) is 12.9. The van der Waals surface area contributed by atoms with Gasteiger partial charge in [0, 0.05) is 31.7 Å². The number of nitrogens with one attached hydrogen (secondary N) is 2. The average molecular weight is 326 g/mol. The number of fused-ring (bicyclic) bond motifs is 1. The second-order valence-corrected chi connectivity index (χ2v) is 5.56. The van der Waals surface area contributed by atoms with Crippen LogP contribution in [0.15, 0.2) is 42.5 Å². The molecule has 1 aliphatic rings. The number of amides is 3. The third kappa shape index (κ3) is 3.52. The predicted octanol–water partition coefficient (Wildman–Crippen LogP) is 1.47. The van der Waals surface area contributed by atoms with Crippen LogP contribution in [-0.4, -0.2) is 33.6 Å². The van der Waals surface area contributed by atoms with E-state index in [1.54, 1.807) is 16.4 Å². The number of nitrogens with zero attached hydrogens (tertiary/aromatic N) is 2. The second kappa shape index (κ2) is 7.10. The highest BCUT2D eigenvalue weighted by Crippen LogP contribution is 2.18. The summed E-state index contributed by atoms with van der Waals surface area (Å²) in [7, 11) is 0. The van der Waals surface area contributed by atoms with E-state index in [1.165, 1.54) is 6.07 Å². The van der Waals surface area contributed by atoms with Crippen molar-refractivity contribution in [1.29, 1.82) is 0 Å². The normalized spacial score (nSPS) is 13.1. The van der Waals surface area contributed by atoms with Gasteiger partial charge in [0.25, 0.3) is 5.91 Å². The van der Waals surface area contributed by atoms with Gasteiger partial charge in [-0.1, -0.05) is 36.4 Å². The van der Waals surface area contributed by atoms with Crippen LogP contribution in [-0.2, 0) is 19.5 Å². The zero-order valence-corrected chi connectivity index (χ0v) is 13.0. The fourth-order valence-corrected chi connectivity index (χ4v) is 2.66. The molecule has 124 valence electrons. The lowest BCUT2D eigenvalue weighted by Crippen LogP contribution is -2.42. The third-order valence-electron chi connectivity index (χ3n) is 3.96. The SMILES string of the molecule is O=C(NO)c1ccc2c(n1)CCN(C(=O)NCc1ccccc1)C2. The standard InChI is InChI=1S/C17H18N4O3/c22-16(20-24)15-7-6-13-11-21(9-8-14(13)19-15)17(23)18-10-12-4-2-1-3-5-12/h1-7,24H,8-11H2,(H,18,23)(H,20,22). The van der Waals surface area contributed by atoms with Crippen molar-refractivity contribution in [2.24, 2.45) is 0 Å². The van der Waals surface area contributed by atoms with Crippen molar-refractivity contribution in [2.75, 3.05) is 6.54 Å². The van der Waals surface area contributed by atoms with Crippen molar-refractivity contribution >= 4 is 11.9 Å². The first kappa shape index (κ1) is 15.9. The van der Waals surface area contributed by atoms with Crippen molar-refractivity contribution < 1.29 is 14.8 Å². The molecular weight excluding hydrogens is 308 g/mol. The zero-order chi connectivity index (χ0) is 16.9. The Balaban J connectivity index is 1.62. The topological polar surface area (TPSA) is 94.6 Å². The molecule has 24 heavy (non-hydrogen) atoms. The summed E-state index contributed by atoms with van der Waals surface area (Å²) in [6.07, 6.45) is 0.570. The first-order valence-electron chi connectivity index (χ1n) is 7.67. The van der Waals surface area contributed by atoms with Crippen molar-refractivity contribution in [3.63, 3.8) is 0 Å². The number of carbonyl (C=O) groups excluding carboxylic acids is 2. The molecule has 7 nitrogen and oxygen atoms in total. The van der Waals surface area contributed by atoms with Gasteiger partial charge in [-0.15, -0.1) is 0 Å². The molecule has 0 radical (unpaired) electrons. The van der Waals surface area contributed by atoms with E-state index < -0.39 is 5.91 Å². The van der Waals surface area contributed by atoms with Crippen LogP contribution in [0.2, 0.25) is 0 Å². The van der Waals surface area contributed by atoms with Crippen LogP contribution in [0.25, 0.3) is 0 Å². The smallest absolute Gasteiger partial charge is 0.317 e. The fraction of sp³-hybridized carbons (Fsp3) is 0.235. The summed E-state index contributed by atoms with van der Waals surface area (Å²) in [5.41, 5.74) is 4.47. The molecule has 0 fully saturated rings. The molecule has 0 unspecified atom stereocenters. The molecule has 3 N–H and O–H groups in total. The average Bonchev–Trinajstić information content (AvgIpc) is 2.65. The van der Waals surface area contributed by atoms with Crippen molar-refractivity contribution in [2.45, 2.75) is 19.5 Å². The molecule has 0 atom stereocenters. The van der Waals surface area contributed by atoms with Crippen LogP contribution in [0.3, 0.4) is 0 Å². The summed E-state index contributed by atoms with van der Waals surface area (Å²) in [6.45, 7) is 1.46. The minimum absolute atomic E-state index is 0.123. The molecule has 2 aromatic rings. The van der Waals surface area contributed by atoms with E-state index in [-0.39, 0.29) is 11.7 Å². The van der Waals surface area contributed by atoms with Crippen LogP contribution in [0.1, 0.15) is 27.3 Å². The Morgan fingerprint density at radius 2 is 1.96 bits per heavy atom. The summed E-state index contributed by atoms with van der Waals surface area (Å²) in [5, 5.41) is 11.6. The number of aromatic nitrogens is 1. The highest BCUT2D eigenvalue weighted by atomic mass is 16.5. The van der Waals surface area contributed by atoms with E-state index in [2.05, 4.69) is 10.3 Å². The molecule has 3 amide bonds. The number of hydrogen-bond donors (Lipinski definition) is 3. The van der Waals surface area contributed by atoms with Crippen molar-refractivity contribution in [3.8, 4) is 0 Å². The summed E-state index contributed by atoms with van der Waals surface area (Å²) < 4.78 is 0. The molecule has 2 heterocycles. The van der Waals surface area contributed by atoms with E-state index in [9.17, 15) is 9.59 Å². The molecule has 0 aliphatic carbocycles. The van der Waals surface area contributed by atoms with Crippen molar-refractivity contribution in [3.05, 3.63) is 65.0 Å². The minimum Gasteiger partial charge on any atom is -0.334 e. The molecule has 1 aromatic carbocycles. The second-order valence-electron chi connectivity index (χ2n) is 5.56. The predicted molar refractivity (Wildman–Crippen MR) is 86.3 cm³/mol. The lowest BCUT2D eigenvalue weighted by molar-refractivity contribution is 0.0700. The molecule has 0 spiro atoms. The Labute approximate surface area is 139 Å². The van der Waals surface area contributed by atoms with Gasteiger partial charge in [0.15, 0.2) is 0 Å². The third-order valence-corrected chi connectivity index (χ3v) is 3.96. The lowest BCUT2D eigenvalue weighted by atomic mass is 10.1. The van der Waals surface area contributed by atoms with Gasteiger partial charge in [-0.25, -0.2) is 15.3 Å². The quantitative estimate of drug-likeness (QED) is 0.588.